The van der Waals surface area contributed by atoms with Gasteiger partial charge in [0, 0.05) is 5.54 Å². The fourth-order valence-corrected chi connectivity index (χ4v) is 3.37. The van der Waals surface area contributed by atoms with Crippen LogP contribution in [0.25, 0.3) is 0 Å². The zero-order valence-electron chi connectivity index (χ0n) is 11.1. The van der Waals surface area contributed by atoms with Crippen molar-refractivity contribution in [1.29, 1.82) is 0 Å². The molecule has 2 unspecified atom stereocenters. The summed E-state index contributed by atoms with van der Waals surface area (Å²) < 4.78 is 0. The Balaban J connectivity index is 2.72. The molecule has 1 rings (SSSR count). The fourth-order valence-electron chi connectivity index (χ4n) is 3.37. The van der Waals surface area contributed by atoms with Crippen molar-refractivity contribution >= 4 is 0 Å². The van der Waals surface area contributed by atoms with Crippen molar-refractivity contribution in [3.63, 3.8) is 0 Å². The van der Waals surface area contributed by atoms with Crippen LogP contribution in [0.15, 0.2) is 0 Å². The standard InChI is InChI=1S/C14H25NO/c1-5-6-7-15-14(11-16)9-12(2)8-13(3,4)10-14/h12,15-16H,7-11H2,1-4H3. The van der Waals surface area contributed by atoms with Crippen LogP contribution in [0.4, 0.5) is 0 Å². The second kappa shape index (κ2) is 5.21. The first-order valence-corrected chi connectivity index (χ1v) is 6.18. The molecule has 0 heterocycles. The summed E-state index contributed by atoms with van der Waals surface area (Å²) in [5.41, 5.74) is 0.193. The van der Waals surface area contributed by atoms with E-state index < -0.39 is 0 Å². The lowest BCUT2D eigenvalue weighted by molar-refractivity contribution is 0.0392. The monoisotopic (exact) mass is 223 g/mol. The zero-order valence-corrected chi connectivity index (χ0v) is 11.1. The summed E-state index contributed by atoms with van der Waals surface area (Å²) >= 11 is 0. The highest BCUT2D eigenvalue weighted by Crippen LogP contribution is 2.43. The number of hydrogen-bond donors (Lipinski definition) is 2. The average molecular weight is 223 g/mol. The van der Waals surface area contributed by atoms with E-state index in [9.17, 15) is 5.11 Å². The molecule has 1 aliphatic carbocycles. The lowest BCUT2D eigenvalue weighted by atomic mass is 9.64. The molecule has 1 aliphatic rings. The summed E-state index contributed by atoms with van der Waals surface area (Å²) in [5, 5.41) is 13.1. The number of rotatable bonds is 3. The Morgan fingerprint density at radius 1 is 1.38 bits per heavy atom. The van der Waals surface area contributed by atoms with Crippen LogP contribution in [0.3, 0.4) is 0 Å². The molecule has 0 aliphatic heterocycles. The summed E-state index contributed by atoms with van der Waals surface area (Å²) in [6.07, 6.45) is 3.33. The highest BCUT2D eigenvalue weighted by atomic mass is 16.3. The molecule has 92 valence electrons. The van der Waals surface area contributed by atoms with Gasteiger partial charge in [-0.15, -0.1) is 5.92 Å². The van der Waals surface area contributed by atoms with E-state index in [1.807, 2.05) is 6.92 Å². The Hall–Kier alpha value is -0.520. The molecule has 0 aromatic heterocycles. The maximum atomic E-state index is 9.68. The van der Waals surface area contributed by atoms with E-state index in [2.05, 4.69) is 37.9 Å². The first-order valence-electron chi connectivity index (χ1n) is 6.18. The normalized spacial score (nSPS) is 32.9. The van der Waals surface area contributed by atoms with Gasteiger partial charge in [-0.2, -0.15) is 0 Å². The van der Waals surface area contributed by atoms with Crippen molar-refractivity contribution < 1.29 is 5.11 Å². The van der Waals surface area contributed by atoms with E-state index in [1.54, 1.807) is 0 Å². The predicted octanol–water partition coefficient (Wildman–Crippen LogP) is 2.18. The van der Waals surface area contributed by atoms with Crippen LogP contribution in [0.5, 0.6) is 0 Å². The molecule has 0 radical (unpaired) electrons. The second-order valence-corrected chi connectivity index (χ2v) is 6.07. The Labute approximate surface area is 99.8 Å². The average Bonchev–Trinajstić information content (AvgIpc) is 2.15. The topological polar surface area (TPSA) is 32.3 Å². The molecule has 1 saturated carbocycles. The molecule has 2 heteroatoms. The highest BCUT2D eigenvalue weighted by Gasteiger charge is 2.41. The number of aliphatic hydroxyl groups excluding tert-OH is 1. The van der Waals surface area contributed by atoms with Crippen LogP contribution in [-0.2, 0) is 0 Å². The van der Waals surface area contributed by atoms with Crippen molar-refractivity contribution in [2.24, 2.45) is 11.3 Å². The largest absolute Gasteiger partial charge is 0.394 e. The van der Waals surface area contributed by atoms with E-state index in [4.69, 9.17) is 0 Å². The van der Waals surface area contributed by atoms with E-state index in [0.717, 1.165) is 12.8 Å². The molecule has 0 saturated heterocycles. The van der Waals surface area contributed by atoms with Gasteiger partial charge in [0.1, 0.15) is 0 Å². The SMILES string of the molecule is CC#CCNC1(CO)CC(C)CC(C)(C)C1. The smallest absolute Gasteiger partial charge is 0.0613 e. The van der Waals surface area contributed by atoms with Gasteiger partial charge in [0.2, 0.25) is 0 Å². The van der Waals surface area contributed by atoms with Crippen LogP contribution in [0.1, 0.15) is 47.0 Å². The van der Waals surface area contributed by atoms with Gasteiger partial charge >= 0.3 is 0 Å². The molecule has 0 spiro atoms. The number of hydrogen-bond acceptors (Lipinski definition) is 2. The van der Waals surface area contributed by atoms with Crippen LogP contribution >= 0.6 is 0 Å². The van der Waals surface area contributed by atoms with E-state index in [1.165, 1.54) is 6.42 Å². The van der Waals surface area contributed by atoms with Gasteiger partial charge in [-0.1, -0.05) is 26.7 Å². The molecule has 0 bridgehead atoms. The second-order valence-electron chi connectivity index (χ2n) is 6.07. The maximum Gasteiger partial charge on any atom is 0.0613 e. The molecule has 2 atom stereocenters. The predicted molar refractivity (Wildman–Crippen MR) is 68.1 cm³/mol. The lowest BCUT2D eigenvalue weighted by Gasteiger charge is -2.47. The van der Waals surface area contributed by atoms with Crippen LogP contribution < -0.4 is 5.32 Å². The van der Waals surface area contributed by atoms with Crippen LogP contribution in [0, 0.1) is 23.2 Å². The van der Waals surface area contributed by atoms with Crippen molar-refractivity contribution in [1.82, 2.24) is 5.32 Å². The highest BCUT2D eigenvalue weighted by molar-refractivity contribution is 5.04. The first kappa shape index (κ1) is 13.5. The molecular formula is C14H25NO. The van der Waals surface area contributed by atoms with Crippen LogP contribution in [-0.4, -0.2) is 23.8 Å². The van der Waals surface area contributed by atoms with Crippen molar-refractivity contribution in [3.05, 3.63) is 0 Å². The van der Waals surface area contributed by atoms with Gasteiger partial charge in [0.15, 0.2) is 0 Å². The Morgan fingerprint density at radius 2 is 2.06 bits per heavy atom. The number of aliphatic hydroxyl groups is 1. The summed E-state index contributed by atoms with van der Waals surface area (Å²) in [5.74, 6) is 6.58. The molecule has 2 nitrogen and oxygen atoms in total. The first-order chi connectivity index (χ1) is 7.43. The Morgan fingerprint density at radius 3 is 2.56 bits per heavy atom. The van der Waals surface area contributed by atoms with Gasteiger partial charge in [-0.05, 0) is 37.5 Å². The maximum absolute atomic E-state index is 9.68. The van der Waals surface area contributed by atoms with Gasteiger partial charge in [0.05, 0.1) is 13.2 Å². The van der Waals surface area contributed by atoms with Gasteiger partial charge < -0.3 is 5.11 Å². The van der Waals surface area contributed by atoms with Gasteiger partial charge in [-0.3, -0.25) is 5.32 Å². The van der Waals surface area contributed by atoms with E-state index in [-0.39, 0.29) is 12.1 Å². The summed E-state index contributed by atoms with van der Waals surface area (Å²) in [4.78, 5) is 0. The molecule has 0 amide bonds. The molecule has 0 aromatic carbocycles. The quantitative estimate of drug-likeness (QED) is 0.719. The Kier molecular flexibility index (Phi) is 4.41. The minimum absolute atomic E-state index is 0.120. The summed E-state index contributed by atoms with van der Waals surface area (Å²) in [7, 11) is 0. The number of nitrogens with one attached hydrogen (secondary N) is 1. The van der Waals surface area contributed by atoms with Crippen molar-refractivity contribution in [2.45, 2.75) is 52.5 Å². The van der Waals surface area contributed by atoms with Crippen LogP contribution in [0.2, 0.25) is 0 Å². The molecule has 2 N–H and O–H groups in total. The van der Waals surface area contributed by atoms with Gasteiger partial charge in [0.25, 0.3) is 0 Å². The Bertz CT molecular complexity index is 287. The minimum atomic E-state index is -0.120. The van der Waals surface area contributed by atoms with Crippen molar-refractivity contribution in [3.8, 4) is 11.8 Å². The molecule has 1 fully saturated rings. The molecule has 16 heavy (non-hydrogen) atoms. The van der Waals surface area contributed by atoms with E-state index in [0.29, 0.717) is 17.9 Å². The lowest BCUT2D eigenvalue weighted by Crippen LogP contribution is -2.55. The minimum Gasteiger partial charge on any atom is -0.394 e. The summed E-state index contributed by atoms with van der Waals surface area (Å²) in [6.45, 7) is 9.60. The summed E-state index contributed by atoms with van der Waals surface area (Å²) in [6, 6.07) is 0. The third-order valence-electron chi connectivity index (χ3n) is 3.49. The van der Waals surface area contributed by atoms with E-state index >= 15 is 0 Å². The third-order valence-corrected chi connectivity index (χ3v) is 3.49. The fraction of sp³-hybridized carbons (Fsp3) is 0.857. The zero-order chi connectivity index (χ0) is 12.2. The van der Waals surface area contributed by atoms with Crippen molar-refractivity contribution in [2.75, 3.05) is 13.2 Å². The molecule has 0 aromatic rings. The van der Waals surface area contributed by atoms with Gasteiger partial charge in [-0.25, -0.2) is 0 Å². The third kappa shape index (κ3) is 3.50. The molecular weight excluding hydrogens is 198 g/mol.